The van der Waals surface area contributed by atoms with Crippen molar-refractivity contribution in [1.82, 2.24) is 19.7 Å². The molecule has 5 nitrogen and oxygen atoms in total. The van der Waals surface area contributed by atoms with Crippen molar-refractivity contribution in [3.05, 3.63) is 41.5 Å². The summed E-state index contributed by atoms with van der Waals surface area (Å²) in [5.74, 6) is 0.537. The largest absolute Gasteiger partial charge is 0.378 e. The highest BCUT2D eigenvalue weighted by Crippen LogP contribution is 2.29. The number of pyridine rings is 1. The molecule has 0 bridgehead atoms. The minimum atomic E-state index is 0.537. The topological polar surface area (TPSA) is 37.2 Å². The van der Waals surface area contributed by atoms with Gasteiger partial charge >= 0.3 is 0 Å². The van der Waals surface area contributed by atoms with Gasteiger partial charge in [-0.3, -0.25) is 14.6 Å². The second-order valence-corrected chi connectivity index (χ2v) is 6.53. The summed E-state index contributed by atoms with van der Waals surface area (Å²) in [7, 11) is 6.14. The molecule has 1 atom stereocenters. The van der Waals surface area contributed by atoms with Crippen LogP contribution in [0.4, 0.5) is 5.69 Å². The van der Waals surface area contributed by atoms with Crippen molar-refractivity contribution in [2.75, 3.05) is 32.1 Å². The standard InChI is InChI=1S/C17H25N5/c1-13-7-16(20(2)3)8-17(19-13)15-5-6-22(12-15)11-14-9-18-21(4)10-14/h7-10,15H,5-6,11-12H2,1-4H3. The molecule has 0 saturated carbocycles. The lowest BCUT2D eigenvalue weighted by Gasteiger charge is -2.18. The van der Waals surface area contributed by atoms with Crippen molar-refractivity contribution in [2.24, 2.45) is 7.05 Å². The predicted molar refractivity (Wildman–Crippen MR) is 89.1 cm³/mol. The molecular weight excluding hydrogens is 274 g/mol. The van der Waals surface area contributed by atoms with Crippen LogP contribution in [0, 0.1) is 6.92 Å². The number of aryl methyl sites for hydroxylation is 2. The van der Waals surface area contributed by atoms with E-state index in [0.717, 1.165) is 25.3 Å². The van der Waals surface area contributed by atoms with Crippen LogP contribution in [0.15, 0.2) is 24.5 Å². The molecule has 0 spiro atoms. The summed E-state index contributed by atoms with van der Waals surface area (Å²) in [5.41, 5.74) is 4.87. The van der Waals surface area contributed by atoms with Crippen LogP contribution in [0.1, 0.15) is 29.3 Å². The van der Waals surface area contributed by atoms with Gasteiger partial charge in [0.05, 0.1) is 6.20 Å². The predicted octanol–water partition coefficient (Wildman–Crippen LogP) is 2.18. The maximum Gasteiger partial charge on any atom is 0.0534 e. The fourth-order valence-corrected chi connectivity index (χ4v) is 3.17. The Balaban J connectivity index is 1.69. The summed E-state index contributed by atoms with van der Waals surface area (Å²) < 4.78 is 1.87. The summed E-state index contributed by atoms with van der Waals surface area (Å²) >= 11 is 0. The highest BCUT2D eigenvalue weighted by atomic mass is 15.2. The van der Waals surface area contributed by atoms with Gasteiger partial charge in [-0.15, -0.1) is 0 Å². The molecule has 118 valence electrons. The zero-order chi connectivity index (χ0) is 15.7. The van der Waals surface area contributed by atoms with E-state index in [1.165, 1.54) is 23.4 Å². The first-order valence-electron chi connectivity index (χ1n) is 7.87. The monoisotopic (exact) mass is 299 g/mol. The van der Waals surface area contributed by atoms with Crippen LogP contribution in [0.25, 0.3) is 0 Å². The minimum Gasteiger partial charge on any atom is -0.378 e. The van der Waals surface area contributed by atoms with Gasteiger partial charge in [-0.05, 0) is 32.0 Å². The molecule has 3 heterocycles. The third-order valence-corrected chi connectivity index (χ3v) is 4.33. The Labute approximate surface area is 132 Å². The number of hydrogen-bond acceptors (Lipinski definition) is 4. The van der Waals surface area contributed by atoms with Crippen molar-refractivity contribution in [3.63, 3.8) is 0 Å². The fourth-order valence-electron chi connectivity index (χ4n) is 3.17. The number of nitrogens with zero attached hydrogens (tertiary/aromatic N) is 5. The van der Waals surface area contributed by atoms with Gasteiger partial charge in [0.15, 0.2) is 0 Å². The van der Waals surface area contributed by atoms with Crippen molar-refractivity contribution in [1.29, 1.82) is 0 Å². The molecule has 2 aromatic heterocycles. The van der Waals surface area contributed by atoms with E-state index in [1.807, 2.05) is 17.9 Å². The molecule has 5 heteroatoms. The lowest BCUT2D eigenvalue weighted by Crippen LogP contribution is -2.20. The SMILES string of the molecule is Cc1cc(N(C)C)cc(C2CCN(Cc3cnn(C)c3)C2)n1. The Morgan fingerprint density at radius 3 is 2.82 bits per heavy atom. The second kappa shape index (κ2) is 6.08. The number of aromatic nitrogens is 3. The molecule has 1 fully saturated rings. The first-order valence-corrected chi connectivity index (χ1v) is 7.87. The Morgan fingerprint density at radius 1 is 1.32 bits per heavy atom. The third kappa shape index (κ3) is 3.30. The van der Waals surface area contributed by atoms with E-state index in [1.54, 1.807) is 0 Å². The maximum absolute atomic E-state index is 4.77. The van der Waals surface area contributed by atoms with E-state index in [4.69, 9.17) is 4.98 Å². The third-order valence-electron chi connectivity index (χ3n) is 4.33. The molecule has 1 unspecified atom stereocenters. The van der Waals surface area contributed by atoms with Gasteiger partial charge < -0.3 is 4.90 Å². The first kappa shape index (κ1) is 15.0. The molecule has 0 aromatic carbocycles. The minimum absolute atomic E-state index is 0.537. The molecule has 3 rings (SSSR count). The lowest BCUT2D eigenvalue weighted by molar-refractivity contribution is 0.326. The quantitative estimate of drug-likeness (QED) is 0.867. The lowest BCUT2D eigenvalue weighted by atomic mass is 10.0. The van der Waals surface area contributed by atoms with E-state index >= 15 is 0 Å². The zero-order valence-corrected chi connectivity index (χ0v) is 14.0. The van der Waals surface area contributed by atoms with Gasteiger partial charge in [0.25, 0.3) is 0 Å². The molecule has 0 amide bonds. The molecule has 22 heavy (non-hydrogen) atoms. The smallest absolute Gasteiger partial charge is 0.0534 e. The summed E-state index contributed by atoms with van der Waals surface area (Å²) in [6, 6.07) is 4.39. The maximum atomic E-state index is 4.77. The Kier molecular flexibility index (Phi) is 4.16. The zero-order valence-electron chi connectivity index (χ0n) is 14.0. The van der Waals surface area contributed by atoms with E-state index in [0.29, 0.717) is 5.92 Å². The molecule has 0 N–H and O–H groups in total. The summed E-state index contributed by atoms with van der Waals surface area (Å²) in [6.07, 6.45) is 5.24. The van der Waals surface area contributed by atoms with Gasteiger partial charge in [-0.25, -0.2) is 0 Å². The van der Waals surface area contributed by atoms with E-state index < -0.39 is 0 Å². The molecule has 0 aliphatic carbocycles. The number of rotatable bonds is 4. The number of likely N-dealkylation sites (tertiary alicyclic amines) is 1. The fraction of sp³-hybridized carbons (Fsp3) is 0.529. The Hall–Kier alpha value is -1.88. The summed E-state index contributed by atoms with van der Waals surface area (Å²) in [6.45, 7) is 5.28. The van der Waals surface area contributed by atoms with Crippen LogP contribution in [0.5, 0.6) is 0 Å². The molecule has 1 aliphatic heterocycles. The normalized spacial score (nSPS) is 18.8. The van der Waals surface area contributed by atoms with Crippen LogP contribution in [0.3, 0.4) is 0 Å². The average molecular weight is 299 g/mol. The Bertz CT molecular complexity index is 646. The van der Waals surface area contributed by atoms with Crippen LogP contribution >= 0.6 is 0 Å². The van der Waals surface area contributed by atoms with Gasteiger partial charge in [-0.1, -0.05) is 0 Å². The molecular formula is C17H25N5. The van der Waals surface area contributed by atoms with Gasteiger partial charge in [0.1, 0.15) is 0 Å². The van der Waals surface area contributed by atoms with E-state index in [9.17, 15) is 0 Å². The number of hydrogen-bond donors (Lipinski definition) is 0. The first-order chi connectivity index (χ1) is 10.5. The van der Waals surface area contributed by atoms with Crippen LogP contribution in [-0.4, -0.2) is 46.8 Å². The van der Waals surface area contributed by atoms with E-state index in [2.05, 4.69) is 54.2 Å². The van der Waals surface area contributed by atoms with Gasteiger partial charge in [-0.2, -0.15) is 5.10 Å². The highest BCUT2D eigenvalue weighted by Gasteiger charge is 2.25. The van der Waals surface area contributed by atoms with Gasteiger partial charge in [0.2, 0.25) is 0 Å². The van der Waals surface area contributed by atoms with Crippen LogP contribution in [0.2, 0.25) is 0 Å². The second-order valence-electron chi connectivity index (χ2n) is 6.53. The van der Waals surface area contributed by atoms with Crippen molar-refractivity contribution in [2.45, 2.75) is 25.8 Å². The highest BCUT2D eigenvalue weighted by molar-refractivity contribution is 5.47. The molecule has 2 aromatic rings. The van der Waals surface area contributed by atoms with Crippen molar-refractivity contribution in [3.8, 4) is 0 Å². The molecule has 1 aliphatic rings. The molecule has 1 saturated heterocycles. The van der Waals surface area contributed by atoms with Crippen molar-refractivity contribution >= 4 is 5.69 Å². The summed E-state index contributed by atoms with van der Waals surface area (Å²) in [4.78, 5) is 9.43. The van der Waals surface area contributed by atoms with Crippen LogP contribution in [-0.2, 0) is 13.6 Å². The van der Waals surface area contributed by atoms with Crippen LogP contribution < -0.4 is 4.90 Å². The Morgan fingerprint density at radius 2 is 2.14 bits per heavy atom. The van der Waals surface area contributed by atoms with E-state index in [-0.39, 0.29) is 0 Å². The van der Waals surface area contributed by atoms with Crippen molar-refractivity contribution < 1.29 is 0 Å². The average Bonchev–Trinajstić information content (AvgIpc) is 3.08. The van der Waals surface area contributed by atoms with Gasteiger partial charge in [0, 0.05) is 69.0 Å². The summed E-state index contributed by atoms with van der Waals surface area (Å²) in [5, 5.41) is 4.25. The number of anilines is 1. The molecule has 0 radical (unpaired) electrons.